The minimum atomic E-state index is -1.14. The van der Waals surface area contributed by atoms with Crippen molar-refractivity contribution in [2.45, 2.75) is 96.2 Å². The molecule has 0 rings (SSSR count). The summed E-state index contributed by atoms with van der Waals surface area (Å²) >= 11 is 0. The van der Waals surface area contributed by atoms with Gasteiger partial charge in [-0.25, -0.2) is 0 Å². The van der Waals surface area contributed by atoms with Crippen molar-refractivity contribution in [3.05, 3.63) is 0 Å². The van der Waals surface area contributed by atoms with Crippen LogP contribution in [0.3, 0.4) is 0 Å². The summed E-state index contributed by atoms with van der Waals surface area (Å²) in [7, 11) is 0. The maximum atomic E-state index is 9.90. The molecular formula is C16H34O3. The van der Waals surface area contributed by atoms with Gasteiger partial charge in [-0.2, -0.15) is 0 Å². The summed E-state index contributed by atoms with van der Waals surface area (Å²) in [6.45, 7) is 3.75. The quantitative estimate of drug-likeness (QED) is 0.451. The minimum absolute atomic E-state index is 0.0815. The Morgan fingerprint density at radius 3 is 1.84 bits per heavy atom. The molecule has 116 valence electrons. The van der Waals surface area contributed by atoms with Crippen LogP contribution in [-0.2, 0) is 0 Å². The van der Waals surface area contributed by atoms with Gasteiger partial charge >= 0.3 is 0 Å². The van der Waals surface area contributed by atoms with Crippen LogP contribution in [0.25, 0.3) is 0 Å². The molecule has 0 aliphatic carbocycles. The highest BCUT2D eigenvalue weighted by Crippen LogP contribution is 2.20. The summed E-state index contributed by atoms with van der Waals surface area (Å²) in [5.74, 6) is 0. The summed E-state index contributed by atoms with van der Waals surface area (Å²) in [6, 6.07) is 0. The second-order valence-corrected chi connectivity index (χ2v) is 5.96. The van der Waals surface area contributed by atoms with Crippen LogP contribution in [0.1, 0.15) is 84.5 Å². The van der Waals surface area contributed by atoms with Gasteiger partial charge in [0.25, 0.3) is 0 Å². The van der Waals surface area contributed by atoms with Crippen LogP contribution in [-0.4, -0.2) is 33.6 Å². The molecule has 0 saturated carbocycles. The Balaban J connectivity index is 3.39. The average Bonchev–Trinajstić information content (AvgIpc) is 2.36. The van der Waals surface area contributed by atoms with Crippen LogP contribution in [0, 0.1) is 0 Å². The molecule has 0 spiro atoms. The van der Waals surface area contributed by atoms with Gasteiger partial charge < -0.3 is 15.3 Å². The third-order valence-electron chi connectivity index (χ3n) is 3.92. The van der Waals surface area contributed by atoms with Gasteiger partial charge in [0.15, 0.2) is 0 Å². The monoisotopic (exact) mass is 274 g/mol. The standard InChI is InChI=1S/C16H34O3/c1-3-4-5-6-7-8-9-10-11-12-15(18)16(2,19)13-14-17/h15,17-19H,3-14H2,1-2H3. The number of unbranched alkanes of at least 4 members (excludes halogenated alkanes) is 8. The second-order valence-electron chi connectivity index (χ2n) is 5.96. The summed E-state index contributed by atoms with van der Waals surface area (Å²) in [6.07, 6.45) is 11.4. The molecule has 0 aromatic heterocycles. The lowest BCUT2D eigenvalue weighted by molar-refractivity contribution is -0.0778. The van der Waals surface area contributed by atoms with E-state index in [1.54, 1.807) is 6.92 Å². The lowest BCUT2D eigenvalue weighted by atomic mass is 9.91. The van der Waals surface area contributed by atoms with E-state index in [0.717, 1.165) is 12.8 Å². The highest BCUT2D eigenvalue weighted by Gasteiger charge is 2.28. The van der Waals surface area contributed by atoms with Gasteiger partial charge in [0.05, 0.1) is 11.7 Å². The highest BCUT2D eigenvalue weighted by atomic mass is 16.3. The van der Waals surface area contributed by atoms with E-state index in [9.17, 15) is 10.2 Å². The normalized spacial score (nSPS) is 16.3. The molecule has 0 amide bonds. The predicted molar refractivity (Wildman–Crippen MR) is 80.2 cm³/mol. The molecule has 3 heteroatoms. The third-order valence-corrected chi connectivity index (χ3v) is 3.92. The lowest BCUT2D eigenvalue weighted by Gasteiger charge is -2.28. The molecule has 0 heterocycles. The molecular weight excluding hydrogens is 240 g/mol. The van der Waals surface area contributed by atoms with Crippen molar-refractivity contribution in [3.8, 4) is 0 Å². The number of aliphatic hydroxyl groups excluding tert-OH is 2. The van der Waals surface area contributed by atoms with Crippen molar-refractivity contribution in [2.24, 2.45) is 0 Å². The number of rotatable bonds is 13. The molecule has 0 fully saturated rings. The first-order valence-electron chi connectivity index (χ1n) is 8.06. The van der Waals surface area contributed by atoms with Gasteiger partial charge in [-0.3, -0.25) is 0 Å². The molecule has 0 radical (unpaired) electrons. The van der Waals surface area contributed by atoms with E-state index < -0.39 is 11.7 Å². The third kappa shape index (κ3) is 10.3. The first-order chi connectivity index (χ1) is 9.04. The van der Waals surface area contributed by atoms with Gasteiger partial charge in [0.1, 0.15) is 0 Å². The van der Waals surface area contributed by atoms with Gasteiger partial charge in [0, 0.05) is 13.0 Å². The summed E-state index contributed by atoms with van der Waals surface area (Å²) in [5, 5.41) is 28.6. The molecule has 0 aliphatic heterocycles. The zero-order chi connectivity index (χ0) is 14.6. The maximum Gasteiger partial charge on any atom is 0.0899 e. The van der Waals surface area contributed by atoms with Crippen LogP contribution >= 0.6 is 0 Å². The average molecular weight is 274 g/mol. The largest absolute Gasteiger partial charge is 0.396 e. The van der Waals surface area contributed by atoms with Crippen LogP contribution in [0.5, 0.6) is 0 Å². The van der Waals surface area contributed by atoms with E-state index in [1.165, 1.54) is 44.9 Å². The van der Waals surface area contributed by atoms with Crippen molar-refractivity contribution in [3.63, 3.8) is 0 Å². The molecule has 2 atom stereocenters. The summed E-state index contributed by atoms with van der Waals surface area (Å²) in [4.78, 5) is 0. The van der Waals surface area contributed by atoms with E-state index in [0.29, 0.717) is 6.42 Å². The molecule has 0 saturated heterocycles. The van der Waals surface area contributed by atoms with Crippen molar-refractivity contribution >= 4 is 0 Å². The maximum absolute atomic E-state index is 9.90. The van der Waals surface area contributed by atoms with E-state index >= 15 is 0 Å². The fourth-order valence-electron chi connectivity index (χ4n) is 2.35. The van der Waals surface area contributed by atoms with Gasteiger partial charge in [-0.15, -0.1) is 0 Å². The fraction of sp³-hybridized carbons (Fsp3) is 1.00. The lowest BCUT2D eigenvalue weighted by Crippen LogP contribution is -2.40. The van der Waals surface area contributed by atoms with Crippen LogP contribution in [0.15, 0.2) is 0 Å². The zero-order valence-corrected chi connectivity index (χ0v) is 12.9. The van der Waals surface area contributed by atoms with E-state index in [4.69, 9.17) is 5.11 Å². The number of hydrogen-bond donors (Lipinski definition) is 3. The predicted octanol–water partition coefficient (Wildman–Crippen LogP) is 3.40. The second kappa shape index (κ2) is 11.7. The Morgan fingerprint density at radius 2 is 1.37 bits per heavy atom. The Hall–Kier alpha value is -0.120. The molecule has 3 N–H and O–H groups in total. The number of hydrogen-bond acceptors (Lipinski definition) is 3. The molecule has 0 aliphatic rings. The first-order valence-corrected chi connectivity index (χ1v) is 8.06. The van der Waals surface area contributed by atoms with Crippen molar-refractivity contribution in [1.82, 2.24) is 0 Å². The molecule has 0 bridgehead atoms. The Kier molecular flexibility index (Phi) is 11.6. The van der Waals surface area contributed by atoms with E-state index in [-0.39, 0.29) is 13.0 Å². The smallest absolute Gasteiger partial charge is 0.0899 e. The van der Waals surface area contributed by atoms with E-state index in [2.05, 4.69) is 6.92 Å². The molecule has 0 aromatic rings. The molecule has 3 nitrogen and oxygen atoms in total. The SMILES string of the molecule is CCCCCCCCCCCC(O)C(C)(O)CCO. The summed E-state index contributed by atoms with van der Waals surface area (Å²) < 4.78 is 0. The number of aliphatic hydroxyl groups is 3. The van der Waals surface area contributed by atoms with E-state index in [1.807, 2.05) is 0 Å². The Labute approximate surface area is 119 Å². The van der Waals surface area contributed by atoms with Crippen LogP contribution in [0.4, 0.5) is 0 Å². The summed E-state index contributed by atoms with van der Waals surface area (Å²) in [5.41, 5.74) is -1.14. The van der Waals surface area contributed by atoms with Crippen LogP contribution in [0.2, 0.25) is 0 Å². The first kappa shape index (κ1) is 18.9. The Bertz CT molecular complexity index is 192. The topological polar surface area (TPSA) is 60.7 Å². The minimum Gasteiger partial charge on any atom is -0.396 e. The van der Waals surface area contributed by atoms with Crippen molar-refractivity contribution < 1.29 is 15.3 Å². The molecule has 0 aromatic carbocycles. The highest BCUT2D eigenvalue weighted by molar-refractivity contribution is 4.81. The van der Waals surface area contributed by atoms with Crippen LogP contribution < -0.4 is 0 Å². The van der Waals surface area contributed by atoms with Crippen molar-refractivity contribution in [2.75, 3.05) is 6.61 Å². The van der Waals surface area contributed by atoms with Gasteiger partial charge in [-0.1, -0.05) is 64.7 Å². The molecule has 19 heavy (non-hydrogen) atoms. The van der Waals surface area contributed by atoms with Crippen molar-refractivity contribution in [1.29, 1.82) is 0 Å². The van der Waals surface area contributed by atoms with Gasteiger partial charge in [-0.05, 0) is 13.3 Å². The van der Waals surface area contributed by atoms with Gasteiger partial charge in [0.2, 0.25) is 0 Å². The zero-order valence-electron chi connectivity index (χ0n) is 12.9. The fourth-order valence-corrected chi connectivity index (χ4v) is 2.35. The Morgan fingerprint density at radius 1 is 0.895 bits per heavy atom. The molecule has 2 unspecified atom stereocenters.